The number of halogens is 5. The van der Waals surface area contributed by atoms with E-state index < -0.39 is 11.6 Å². The fourth-order valence-corrected chi connectivity index (χ4v) is 6.39. The highest BCUT2D eigenvalue weighted by Crippen LogP contribution is 2.60. The van der Waals surface area contributed by atoms with Crippen LogP contribution in [0.4, 0.5) is 0 Å². The number of hydrogen-bond donors (Lipinski definition) is 3. The van der Waals surface area contributed by atoms with E-state index in [9.17, 15) is 24.9 Å². The summed E-state index contributed by atoms with van der Waals surface area (Å²) in [6.07, 6.45) is 0.0647. The Hall–Kier alpha value is -2.91. The molecule has 0 bridgehead atoms. The molecule has 1 atom stereocenters. The third-order valence-corrected chi connectivity index (χ3v) is 9.05. The smallest absolute Gasteiger partial charge is 0.303 e. The van der Waals surface area contributed by atoms with Gasteiger partial charge in [0.1, 0.15) is 22.3 Å². The maximum absolute atomic E-state index is 12.5. The van der Waals surface area contributed by atoms with Crippen LogP contribution in [-0.4, -0.2) is 34.7 Å². The second kappa shape index (κ2) is 12.4. The minimum Gasteiger partial charge on any atom is -0.508 e. The number of fused-ring (bicyclic) bond motifs is 4. The van der Waals surface area contributed by atoms with Crippen molar-refractivity contribution in [2.75, 3.05) is 7.11 Å². The van der Waals surface area contributed by atoms with E-state index in [4.69, 9.17) is 67.5 Å². The second-order valence-corrected chi connectivity index (χ2v) is 10.9. The van der Waals surface area contributed by atoms with Gasteiger partial charge in [-0.05, 0) is 41.6 Å². The zero-order valence-electron chi connectivity index (χ0n) is 22.3. The number of aryl methyl sites for hydroxylation is 1. The molecule has 5 rings (SSSR count). The zero-order valence-corrected chi connectivity index (χ0v) is 26.1. The van der Waals surface area contributed by atoms with E-state index in [0.29, 0.717) is 22.6 Å². The van der Waals surface area contributed by atoms with Crippen LogP contribution in [0.2, 0.25) is 25.1 Å². The Morgan fingerprint density at radius 3 is 2.19 bits per heavy atom. The molecule has 0 saturated heterocycles. The number of aromatic hydroxyl groups is 2. The first kappa shape index (κ1) is 32.0. The van der Waals surface area contributed by atoms with Gasteiger partial charge in [-0.1, -0.05) is 84.0 Å². The lowest BCUT2D eigenvalue weighted by Gasteiger charge is -2.42. The summed E-state index contributed by atoms with van der Waals surface area (Å²) >= 11 is 32.7. The zero-order chi connectivity index (χ0) is 31.1. The van der Waals surface area contributed by atoms with Crippen molar-refractivity contribution in [3.05, 3.63) is 89.3 Å². The van der Waals surface area contributed by atoms with Crippen molar-refractivity contribution < 1.29 is 34.4 Å². The number of hydrogen-bond acceptors (Lipinski definition) is 6. The van der Waals surface area contributed by atoms with Crippen molar-refractivity contribution in [1.82, 2.24) is 0 Å². The van der Waals surface area contributed by atoms with E-state index >= 15 is 0 Å². The number of aldehydes is 1. The van der Waals surface area contributed by atoms with Crippen LogP contribution < -0.4 is 4.74 Å². The Balaban J connectivity index is 0.00000198. The van der Waals surface area contributed by atoms with Crippen molar-refractivity contribution >= 4 is 81.0 Å². The summed E-state index contributed by atoms with van der Waals surface area (Å²) in [6, 6.07) is 9.45. The van der Waals surface area contributed by atoms with Crippen molar-refractivity contribution in [3.63, 3.8) is 0 Å². The van der Waals surface area contributed by atoms with Crippen molar-refractivity contribution in [2.45, 2.75) is 32.3 Å². The summed E-state index contributed by atoms with van der Waals surface area (Å²) in [5.41, 5.74) is -1.14. The molecule has 1 aliphatic rings. The van der Waals surface area contributed by atoms with Crippen molar-refractivity contribution in [1.29, 1.82) is 0 Å². The first-order valence-electron chi connectivity index (χ1n) is 12.5. The van der Waals surface area contributed by atoms with Crippen LogP contribution in [-0.2, 0) is 21.6 Å². The molecule has 0 saturated carbocycles. The third-order valence-electron chi connectivity index (χ3n) is 6.88. The summed E-state index contributed by atoms with van der Waals surface area (Å²) in [7, 11) is 1.36. The van der Waals surface area contributed by atoms with E-state index in [1.54, 1.807) is 18.2 Å². The predicted molar refractivity (Wildman–Crippen MR) is 165 cm³/mol. The number of aliphatic carboxylic acids is 1. The molecule has 0 fully saturated rings. The van der Waals surface area contributed by atoms with E-state index in [-0.39, 0.29) is 83.2 Å². The number of methoxy groups -OCH3 is 1. The molecular weight excluding hydrogens is 650 g/mol. The average Bonchev–Trinajstić information content (AvgIpc) is 2.98. The Morgan fingerprint density at radius 1 is 0.905 bits per heavy atom. The molecule has 4 aromatic rings. The van der Waals surface area contributed by atoms with E-state index in [2.05, 4.69) is 0 Å². The highest BCUT2D eigenvalue weighted by Gasteiger charge is 2.50. The Kier molecular flexibility index (Phi) is 9.43. The molecule has 4 aromatic carbocycles. The minimum atomic E-state index is -1.78. The largest absolute Gasteiger partial charge is 0.508 e. The molecule has 0 amide bonds. The first-order valence-corrected chi connectivity index (χ1v) is 14.4. The number of benzene rings is 4. The molecule has 0 aromatic heterocycles. The number of phenols is 2. The highest BCUT2D eigenvalue weighted by molar-refractivity contribution is 6.53. The van der Waals surface area contributed by atoms with Crippen LogP contribution >= 0.6 is 58.0 Å². The monoisotopic (exact) mass is 670 g/mol. The highest BCUT2D eigenvalue weighted by atomic mass is 35.5. The van der Waals surface area contributed by atoms with Gasteiger partial charge in [-0.25, -0.2) is 0 Å². The fourth-order valence-electron chi connectivity index (χ4n) is 5.09. The van der Waals surface area contributed by atoms with Crippen LogP contribution in [0.25, 0.3) is 10.8 Å². The van der Waals surface area contributed by atoms with Gasteiger partial charge < -0.3 is 24.8 Å². The van der Waals surface area contributed by atoms with Crippen LogP contribution in [0, 0.1) is 0 Å². The minimum absolute atomic E-state index is 0.0166. The summed E-state index contributed by atoms with van der Waals surface area (Å²) in [4.78, 5) is 23.8. The van der Waals surface area contributed by atoms with Crippen LogP contribution in [0.3, 0.4) is 0 Å². The molecule has 220 valence electrons. The number of ether oxygens (including phenoxy) is 2. The van der Waals surface area contributed by atoms with Gasteiger partial charge in [0.05, 0.1) is 20.1 Å². The van der Waals surface area contributed by atoms with E-state index in [1.807, 2.05) is 13.8 Å². The van der Waals surface area contributed by atoms with Crippen LogP contribution in [0.1, 0.15) is 52.9 Å². The number of phenolic OH excluding ortho intramolecular Hbond substituents is 2. The number of rotatable bonds is 6. The topological polar surface area (TPSA) is 113 Å². The maximum Gasteiger partial charge on any atom is 0.303 e. The summed E-state index contributed by atoms with van der Waals surface area (Å²) in [6.45, 7) is 4.00. The summed E-state index contributed by atoms with van der Waals surface area (Å²) in [5.74, 6) is -1.28. The normalized spacial score (nSPS) is 15.2. The molecule has 42 heavy (non-hydrogen) atoms. The number of carboxylic acids is 1. The molecule has 1 unspecified atom stereocenters. The molecule has 0 spiro atoms. The van der Waals surface area contributed by atoms with Gasteiger partial charge in [-0.15, -0.1) is 0 Å². The first-order chi connectivity index (χ1) is 20.0. The van der Waals surface area contributed by atoms with Gasteiger partial charge in [-0.2, -0.15) is 0 Å². The summed E-state index contributed by atoms with van der Waals surface area (Å²) in [5, 5.41) is 30.6. The molecule has 1 heterocycles. The van der Waals surface area contributed by atoms with E-state index in [0.717, 1.165) is 0 Å². The van der Waals surface area contributed by atoms with Gasteiger partial charge >= 0.3 is 5.97 Å². The summed E-state index contributed by atoms with van der Waals surface area (Å²) < 4.78 is 12.6. The van der Waals surface area contributed by atoms with Crippen molar-refractivity contribution in [3.8, 4) is 23.0 Å². The number of carboxylic acid groups (broad SMARTS) is 1. The standard InChI is InChI=1S/C28H17Cl5O7.C2H6/c1-39-28(19-15(10-34)20(29)22(31)23(32)21(19)30)16-6-2-11-8-13(35)4-5-14(11)26(16)40-27-17(28)9-12(3-7-18(36)37)25(38)24(27)33;1-2/h2,4-6,8-10,35,38H,3,7H2,1H3,(H,36,37);1-2H3. The second-order valence-electron chi connectivity index (χ2n) is 8.97. The lowest BCUT2D eigenvalue weighted by Crippen LogP contribution is -2.36. The molecule has 3 N–H and O–H groups in total. The fraction of sp³-hybridized carbons (Fsp3) is 0.200. The maximum atomic E-state index is 12.5. The predicted octanol–water partition coefficient (Wildman–Crippen LogP) is 9.42. The lowest BCUT2D eigenvalue weighted by atomic mass is 9.74. The Morgan fingerprint density at radius 2 is 1.57 bits per heavy atom. The van der Waals surface area contributed by atoms with E-state index in [1.165, 1.54) is 25.3 Å². The number of carbonyl (C=O) groups excluding carboxylic acids is 1. The van der Waals surface area contributed by atoms with Gasteiger partial charge in [0.2, 0.25) is 0 Å². The number of carbonyl (C=O) groups is 2. The van der Waals surface area contributed by atoms with Gasteiger partial charge in [-0.3, -0.25) is 9.59 Å². The molecule has 0 radical (unpaired) electrons. The molecule has 12 heteroatoms. The Labute approximate surface area is 266 Å². The lowest BCUT2D eigenvalue weighted by molar-refractivity contribution is -0.136. The quantitative estimate of drug-likeness (QED) is 0.106. The van der Waals surface area contributed by atoms with Crippen molar-refractivity contribution in [2.24, 2.45) is 0 Å². The molecule has 0 aliphatic carbocycles. The molecule has 1 aliphatic heterocycles. The van der Waals surface area contributed by atoms with Gasteiger partial charge in [0, 0.05) is 41.2 Å². The third kappa shape index (κ3) is 4.92. The molecular formula is C30H23Cl5O7. The Bertz CT molecular complexity index is 1760. The van der Waals surface area contributed by atoms with Gasteiger partial charge in [0.15, 0.2) is 17.6 Å². The van der Waals surface area contributed by atoms with Gasteiger partial charge in [0.25, 0.3) is 0 Å². The average molecular weight is 673 g/mol. The van der Waals surface area contributed by atoms with Crippen LogP contribution in [0.5, 0.6) is 23.0 Å². The van der Waals surface area contributed by atoms with Crippen LogP contribution in [0.15, 0.2) is 36.4 Å². The SMILES string of the molecule is CC.COC1(c2c(Cl)c(Cl)c(Cl)c(Cl)c2C=O)c2cc(CCC(=O)O)c(O)c(Cl)c2Oc2c1ccc1cc(O)ccc21. The molecule has 7 nitrogen and oxygen atoms in total.